The van der Waals surface area contributed by atoms with Crippen molar-refractivity contribution in [1.29, 1.82) is 0 Å². The minimum Gasteiger partial charge on any atom is -0.338 e. The van der Waals surface area contributed by atoms with Crippen LogP contribution in [0, 0.1) is 0 Å². The Labute approximate surface area is 153 Å². The zero-order valence-corrected chi connectivity index (χ0v) is 15.1. The van der Waals surface area contributed by atoms with Gasteiger partial charge in [-0.3, -0.25) is 4.79 Å². The molecule has 0 spiro atoms. The van der Waals surface area contributed by atoms with Gasteiger partial charge < -0.3 is 19.7 Å². The number of aryl methyl sites for hydroxylation is 1. The van der Waals surface area contributed by atoms with Gasteiger partial charge in [-0.25, -0.2) is 9.78 Å². The predicted molar refractivity (Wildman–Crippen MR) is 98.8 cm³/mol. The molecule has 26 heavy (non-hydrogen) atoms. The molecule has 1 aromatic carbocycles. The van der Waals surface area contributed by atoms with E-state index >= 15 is 0 Å². The van der Waals surface area contributed by atoms with E-state index in [4.69, 9.17) is 0 Å². The van der Waals surface area contributed by atoms with Crippen LogP contribution in [0.15, 0.2) is 42.9 Å². The summed E-state index contributed by atoms with van der Waals surface area (Å²) in [7, 11) is 1.81. The molecule has 0 atom stereocenters. The highest BCUT2D eigenvalue weighted by Gasteiger charge is 2.24. The van der Waals surface area contributed by atoms with Crippen molar-refractivity contribution in [2.45, 2.75) is 12.8 Å². The first-order valence-corrected chi connectivity index (χ1v) is 8.97. The van der Waals surface area contributed by atoms with Crippen LogP contribution < -0.4 is 5.32 Å². The van der Waals surface area contributed by atoms with E-state index in [0.29, 0.717) is 38.4 Å². The molecule has 0 unspecified atom stereocenters. The molecule has 0 saturated carbocycles. The zero-order chi connectivity index (χ0) is 18.4. The Morgan fingerprint density at radius 2 is 1.81 bits per heavy atom. The maximum atomic E-state index is 12.6. The summed E-state index contributed by atoms with van der Waals surface area (Å²) < 4.78 is 1.72. The van der Waals surface area contributed by atoms with Crippen molar-refractivity contribution in [3.8, 4) is 0 Å². The van der Waals surface area contributed by atoms with Gasteiger partial charge in [0.05, 0.1) is 12.5 Å². The number of carbonyl (C=O) groups excluding carboxylic acids is 2. The molecule has 7 nitrogen and oxygen atoms in total. The van der Waals surface area contributed by atoms with E-state index in [2.05, 4.69) is 22.4 Å². The number of benzene rings is 1. The number of rotatable bonds is 4. The van der Waals surface area contributed by atoms with Crippen molar-refractivity contribution in [2.24, 2.45) is 7.05 Å². The highest BCUT2D eigenvalue weighted by molar-refractivity contribution is 5.92. The molecule has 3 amide bonds. The summed E-state index contributed by atoms with van der Waals surface area (Å²) in [6.07, 6.45) is 4.79. The smallest absolute Gasteiger partial charge is 0.317 e. The van der Waals surface area contributed by atoms with Crippen LogP contribution in [0.25, 0.3) is 0 Å². The lowest BCUT2D eigenvalue weighted by atomic mass is 10.1. The molecule has 138 valence electrons. The fourth-order valence-electron chi connectivity index (χ4n) is 3.12. The first-order valence-electron chi connectivity index (χ1n) is 8.97. The maximum Gasteiger partial charge on any atom is 0.317 e. The van der Waals surface area contributed by atoms with Crippen LogP contribution in [-0.4, -0.2) is 64.0 Å². The summed E-state index contributed by atoms with van der Waals surface area (Å²) in [5, 5.41) is 2.98. The molecule has 0 bridgehead atoms. The fourth-order valence-corrected chi connectivity index (χ4v) is 3.12. The minimum absolute atomic E-state index is 0.0312. The topological polar surface area (TPSA) is 70.5 Å². The number of nitrogens with zero attached hydrogens (tertiary/aromatic N) is 4. The Kier molecular flexibility index (Phi) is 5.88. The molecule has 2 heterocycles. The number of hydrogen-bond acceptors (Lipinski definition) is 3. The molecular weight excluding hydrogens is 330 g/mol. The first kappa shape index (κ1) is 18.0. The average molecular weight is 355 g/mol. The third kappa shape index (κ3) is 4.41. The lowest BCUT2D eigenvalue weighted by Crippen LogP contribution is -2.43. The SMILES string of the molecule is Cn1cncc1C(=O)N1CCCN(C(=O)NCCc2ccccc2)CC1. The standard InChI is InChI=1S/C19H25N5O2/c1-22-15-20-14-17(22)18(25)23-10-5-11-24(13-12-23)19(26)21-9-8-16-6-3-2-4-7-16/h2-4,6-7,14-15H,5,8-13H2,1H3,(H,21,26). The molecule has 1 aromatic heterocycles. The van der Waals surface area contributed by atoms with Crippen molar-refractivity contribution in [1.82, 2.24) is 24.7 Å². The van der Waals surface area contributed by atoms with Gasteiger partial charge in [0.15, 0.2) is 0 Å². The van der Waals surface area contributed by atoms with E-state index in [1.807, 2.05) is 25.2 Å². The van der Waals surface area contributed by atoms with Crippen LogP contribution in [0.4, 0.5) is 4.79 Å². The molecule has 7 heteroatoms. The highest BCUT2D eigenvalue weighted by Crippen LogP contribution is 2.09. The summed E-state index contributed by atoms with van der Waals surface area (Å²) in [6.45, 7) is 3.00. The second kappa shape index (κ2) is 8.51. The van der Waals surface area contributed by atoms with Gasteiger partial charge >= 0.3 is 6.03 Å². The van der Waals surface area contributed by atoms with E-state index < -0.39 is 0 Å². The van der Waals surface area contributed by atoms with Crippen LogP contribution in [0.1, 0.15) is 22.5 Å². The van der Waals surface area contributed by atoms with Gasteiger partial charge in [-0.2, -0.15) is 0 Å². The molecule has 2 aromatic rings. The van der Waals surface area contributed by atoms with Gasteiger partial charge in [0.1, 0.15) is 5.69 Å². The molecule has 1 N–H and O–H groups in total. The van der Waals surface area contributed by atoms with E-state index in [1.165, 1.54) is 5.56 Å². The lowest BCUT2D eigenvalue weighted by molar-refractivity contribution is 0.0752. The molecule has 1 aliphatic heterocycles. The van der Waals surface area contributed by atoms with E-state index in [0.717, 1.165) is 12.8 Å². The number of hydrogen-bond donors (Lipinski definition) is 1. The van der Waals surface area contributed by atoms with Crippen LogP contribution in [0.5, 0.6) is 0 Å². The van der Waals surface area contributed by atoms with Gasteiger partial charge in [0.25, 0.3) is 5.91 Å². The number of carbonyl (C=O) groups is 2. The van der Waals surface area contributed by atoms with Gasteiger partial charge in [0, 0.05) is 39.8 Å². The first-order chi connectivity index (χ1) is 12.6. The fraction of sp³-hybridized carbons (Fsp3) is 0.421. The summed E-state index contributed by atoms with van der Waals surface area (Å²) in [6, 6.07) is 10.0. The normalized spacial score (nSPS) is 14.8. The number of urea groups is 1. The van der Waals surface area contributed by atoms with E-state index in [9.17, 15) is 9.59 Å². The molecule has 1 fully saturated rings. The number of nitrogens with one attached hydrogen (secondary N) is 1. The lowest BCUT2D eigenvalue weighted by Gasteiger charge is -2.22. The van der Waals surface area contributed by atoms with Crippen molar-refractivity contribution in [2.75, 3.05) is 32.7 Å². The maximum absolute atomic E-state index is 12.6. The van der Waals surface area contributed by atoms with Gasteiger partial charge in [-0.1, -0.05) is 30.3 Å². The Hall–Kier alpha value is -2.83. The number of amides is 3. The second-order valence-corrected chi connectivity index (χ2v) is 6.49. The summed E-state index contributed by atoms with van der Waals surface area (Å²) in [4.78, 5) is 32.6. The van der Waals surface area contributed by atoms with Gasteiger partial charge in [0.2, 0.25) is 0 Å². The monoisotopic (exact) mass is 355 g/mol. The van der Waals surface area contributed by atoms with Crippen LogP contribution in [0.2, 0.25) is 0 Å². The minimum atomic E-state index is -0.0595. The Morgan fingerprint density at radius 1 is 1.08 bits per heavy atom. The van der Waals surface area contributed by atoms with Crippen LogP contribution >= 0.6 is 0 Å². The summed E-state index contributed by atoms with van der Waals surface area (Å²) in [5.41, 5.74) is 1.78. The molecule has 1 saturated heterocycles. The molecule has 0 radical (unpaired) electrons. The molecule has 3 rings (SSSR count). The third-order valence-corrected chi connectivity index (χ3v) is 4.64. The quantitative estimate of drug-likeness (QED) is 0.904. The van der Waals surface area contributed by atoms with Crippen molar-refractivity contribution in [3.63, 3.8) is 0 Å². The average Bonchev–Trinajstić information content (AvgIpc) is 2.93. The predicted octanol–water partition coefficient (Wildman–Crippen LogP) is 1.52. The molecule has 1 aliphatic rings. The molecular formula is C19H25N5O2. The van der Waals surface area contributed by atoms with Crippen molar-refractivity contribution in [3.05, 3.63) is 54.1 Å². The Balaban J connectivity index is 1.48. The van der Waals surface area contributed by atoms with Crippen LogP contribution in [-0.2, 0) is 13.5 Å². The van der Waals surface area contributed by atoms with Crippen LogP contribution in [0.3, 0.4) is 0 Å². The largest absolute Gasteiger partial charge is 0.338 e. The van der Waals surface area contributed by atoms with Crippen molar-refractivity contribution >= 4 is 11.9 Å². The zero-order valence-electron chi connectivity index (χ0n) is 15.1. The Bertz CT molecular complexity index is 743. The Morgan fingerprint density at radius 3 is 2.54 bits per heavy atom. The number of imidazole rings is 1. The third-order valence-electron chi connectivity index (χ3n) is 4.64. The van der Waals surface area contributed by atoms with Gasteiger partial charge in [-0.05, 0) is 18.4 Å². The molecule has 0 aliphatic carbocycles. The van der Waals surface area contributed by atoms with E-state index in [1.54, 1.807) is 26.9 Å². The number of aromatic nitrogens is 2. The van der Waals surface area contributed by atoms with Crippen molar-refractivity contribution < 1.29 is 9.59 Å². The summed E-state index contributed by atoms with van der Waals surface area (Å²) in [5.74, 6) is -0.0312. The van der Waals surface area contributed by atoms with Gasteiger partial charge in [-0.15, -0.1) is 0 Å². The highest BCUT2D eigenvalue weighted by atomic mass is 16.2. The van der Waals surface area contributed by atoms with E-state index in [-0.39, 0.29) is 11.9 Å². The summed E-state index contributed by atoms with van der Waals surface area (Å²) >= 11 is 0. The second-order valence-electron chi connectivity index (χ2n) is 6.49.